The highest BCUT2D eigenvalue weighted by Crippen LogP contribution is 2.27. The van der Waals surface area contributed by atoms with Gasteiger partial charge in [-0.05, 0) is 35.2 Å². The molecule has 0 saturated heterocycles. The van der Waals surface area contributed by atoms with Crippen molar-refractivity contribution in [3.8, 4) is 5.75 Å². The third-order valence-electron chi connectivity index (χ3n) is 4.44. The summed E-state index contributed by atoms with van der Waals surface area (Å²) in [4.78, 5) is 26.1. The lowest BCUT2D eigenvalue weighted by molar-refractivity contribution is -0.121. The van der Waals surface area contributed by atoms with E-state index in [2.05, 4.69) is 19.2 Å². The molecule has 0 aliphatic carbocycles. The molecule has 0 unspecified atom stereocenters. The molecular weight excluding hydrogens is 340 g/mol. The molecule has 1 N–H and O–H groups in total. The third kappa shape index (κ3) is 5.84. The Morgan fingerprint density at radius 1 is 1.07 bits per heavy atom. The number of ether oxygens (including phenoxy) is 1. The van der Waals surface area contributed by atoms with Crippen molar-refractivity contribution in [3.05, 3.63) is 59.7 Å². The molecule has 0 aliphatic heterocycles. The van der Waals surface area contributed by atoms with Gasteiger partial charge in [-0.3, -0.25) is 9.59 Å². The van der Waals surface area contributed by atoms with Gasteiger partial charge in [0.05, 0.1) is 7.11 Å². The molecule has 144 valence electrons. The van der Waals surface area contributed by atoms with Gasteiger partial charge in [-0.2, -0.15) is 0 Å². The van der Waals surface area contributed by atoms with Crippen molar-refractivity contribution in [2.45, 2.75) is 39.7 Å². The SMILES string of the molecule is COc1ccc(CNC(=O)CCN(C(C)=O)c2ccccc2C(C)C)cc1. The first-order valence-corrected chi connectivity index (χ1v) is 9.19. The zero-order valence-electron chi connectivity index (χ0n) is 16.5. The Hall–Kier alpha value is -2.82. The summed E-state index contributed by atoms with van der Waals surface area (Å²) in [6.07, 6.45) is 0.252. The number of amides is 2. The molecule has 2 amide bonds. The van der Waals surface area contributed by atoms with E-state index in [0.717, 1.165) is 22.6 Å². The number of benzene rings is 2. The summed E-state index contributed by atoms with van der Waals surface area (Å²) in [6, 6.07) is 15.4. The minimum atomic E-state index is -0.0842. The van der Waals surface area contributed by atoms with Crippen LogP contribution in [0.5, 0.6) is 5.75 Å². The zero-order chi connectivity index (χ0) is 19.8. The predicted molar refractivity (Wildman–Crippen MR) is 108 cm³/mol. The largest absolute Gasteiger partial charge is 0.497 e. The van der Waals surface area contributed by atoms with Gasteiger partial charge in [0.2, 0.25) is 11.8 Å². The summed E-state index contributed by atoms with van der Waals surface area (Å²) in [7, 11) is 1.62. The fourth-order valence-corrected chi connectivity index (χ4v) is 2.91. The number of hydrogen-bond donors (Lipinski definition) is 1. The molecule has 0 aromatic heterocycles. The normalized spacial score (nSPS) is 10.6. The number of nitrogens with one attached hydrogen (secondary N) is 1. The molecule has 2 aromatic rings. The van der Waals surface area contributed by atoms with Gasteiger partial charge in [-0.1, -0.05) is 44.2 Å². The summed E-state index contributed by atoms with van der Waals surface area (Å²) >= 11 is 0. The summed E-state index contributed by atoms with van der Waals surface area (Å²) in [5.74, 6) is 0.933. The van der Waals surface area contributed by atoms with Crippen LogP contribution in [0.25, 0.3) is 0 Å². The van der Waals surface area contributed by atoms with E-state index in [0.29, 0.717) is 19.0 Å². The summed E-state index contributed by atoms with van der Waals surface area (Å²) in [6.45, 7) is 6.53. The van der Waals surface area contributed by atoms with E-state index in [1.54, 1.807) is 12.0 Å². The molecule has 0 aliphatic rings. The molecule has 2 aromatic carbocycles. The Balaban J connectivity index is 1.95. The van der Waals surface area contributed by atoms with E-state index in [1.807, 2.05) is 48.5 Å². The molecule has 0 bridgehead atoms. The molecule has 5 nitrogen and oxygen atoms in total. The maximum Gasteiger partial charge on any atom is 0.223 e. The highest BCUT2D eigenvalue weighted by molar-refractivity contribution is 5.93. The fourth-order valence-electron chi connectivity index (χ4n) is 2.91. The van der Waals surface area contributed by atoms with Crippen LogP contribution in [-0.2, 0) is 16.1 Å². The summed E-state index contributed by atoms with van der Waals surface area (Å²) in [5, 5.41) is 2.90. The van der Waals surface area contributed by atoms with Crippen molar-refractivity contribution < 1.29 is 14.3 Å². The van der Waals surface area contributed by atoms with Gasteiger partial charge in [-0.25, -0.2) is 0 Å². The van der Waals surface area contributed by atoms with Gasteiger partial charge in [-0.15, -0.1) is 0 Å². The van der Waals surface area contributed by atoms with Crippen molar-refractivity contribution in [1.82, 2.24) is 5.32 Å². The molecule has 0 spiro atoms. The van der Waals surface area contributed by atoms with Crippen LogP contribution in [0.2, 0.25) is 0 Å². The van der Waals surface area contributed by atoms with E-state index in [4.69, 9.17) is 4.74 Å². The van der Waals surface area contributed by atoms with Crippen molar-refractivity contribution in [3.63, 3.8) is 0 Å². The molecule has 2 rings (SSSR count). The van der Waals surface area contributed by atoms with Gasteiger partial charge in [0.25, 0.3) is 0 Å². The second-order valence-corrected chi connectivity index (χ2v) is 6.76. The van der Waals surface area contributed by atoms with Gasteiger partial charge in [0.15, 0.2) is 0 Å². The number of carbonyl (C=O) groups excluding carboxylic acids is 2. The Morgan fingerprint density at radius 2 is 1.74 bits per heavy atom. The first-order valence-electron chi connectivity index (χ1n) is 9.19. The summed E-state index contributed by atoms with van der Waals surface area (Å²) < 4.78 is 5.13. The summed E-state index contributed by atoms with van der Waals surface area (Å²) in [5.41, 5.74) is 2.98. The second-order valence-electron chi connectivity index (χ2n) is 6.76. The molecule has 0 heterocycles. The number of nitrogens with zero attached hydrogens (tertiary/aromatic N) is 1. The van der Waals surface area contributed by atoms with Crippen LogP contribution in [0, 0.1) is 0 Å². The average molecular weight is 368 g/mol. The van der Waals surface area contributed by atoms with Crippen molar-refractivity contribution in [2.75, 3.05) is 18.6 Å². The number of para-hydroxylation sites is 1. The quantitative estimate of drug-likeness (QED) is 0.769. The number of carbonyl (C=O) groups is 2. The third-order valence-corrected chi connectivity index (χ3v) is 4.44. The second kappa shape index (κ2) is 9.76. The van der Waals surface area contributed by atoms with E-state index in [9.17, 15) is 9.59 Å². The minimum Gasteiger partial charge on any atom is -0.497 e. The van der Waals surface area contributed by atoms with Crippen molar-refractivity contribution >= 4 is 17.5 Å². The molecule has 0 saturated carbocycles. The lowest BCUT2D eigenvalue weighted by atomic mass is 10.0. The Kier molecular flexibility index (Phi) is 7.41. The van der Waals surface area contributed by atoms with Crippen LogP contribution < -0.4 is 15.0 Å². The standard InChI is InChI=1S/C22H28N2O3/c1-16(2)20-7-5-6-8-21(20)24(17(3)25)14-13-22(26)23-15-18-9-11-19(27-4)12-10-18/h5-12,16H,13-15H2,1-4H3,(H,23,26). The molecule has 0 atom stereocenters. The lowest BCUT2D eigenvalue weighted by Gasteiger charge is -2.25. The van der Waals surface area contributed by atoms with Gasteiger partial charge in [0, 0.05) is 32.1 Å². The Labute approximate surface area is 161 Å². The fraction of sp³-hybridized carbons (Fsp3) is 0.364. The van der Waals surface area contributed by atoms with E-state index in [-0.39, 0.29) is 18.2 Å². The smallest absolute Gasteiger partial charge is 0.223 e. The topological polar surface area (TPSA) is 58.6 Å². The van der Waals surface area contributed by atoms with Crippen molar-refractivity contribution in [1.29, 1.82) is 0 Å². The number of rotatable bonds is 8. The first-order chi connectivity index (χ1) is 12.9. The van der Waals surface area contributed by atoms with Crippen LogP contribution in [0.15, 0.2) is 48.5 Å². The zero-order valence-corrected chi connectivity index (χ0v) is 16.5. The number of methoxy groups -OCH3 is 1. The van der Waals surface area contributed by atoms with E-state index in [1.165, 1.54) is 6.92 Å². The molecule has 5 heteroatoms. The lowest BCUT2D eigenvalue weighted by Crippen LogP contribution is -2.34. The van der Waals surface area contributed by atoms with Gasteiger partial charge >= 0.3 is 0 Å². The van der Waals surface area contributed by atoms with E-state index < -0.39 is 0 Å². The Morgan fingerprint density at radius 3 is 2.33 bits per heavy atom. The van der Waals surface area contributed by atoms with Crippen LogP contribution in [0.1, 0.15) is 44.2 Å². The maximum atomic E-state index is 12.2. The van der Waals surface area contributed by atoms with Crippen molar-refractivity contribution in [2.24, 2.45) is 0 Å². The van der Waals surface area contributed by atoms with E-state index >= 15 is 0 Å². The average Bonchev–Trinajstić information content (AvgIpc) is 2.67. The monoisotopic (exact) mass is 368 g/mol. The van der Waals surface area contributed by atoms with Crippen LogP contribution >= 0.6 is 0 Å². The van der Waals surface area contributed by atoms with Gasteiger partial charge < -0.3 is 15.0 Å². The molecule has 27 heavy (non-hydrogen) atoms. The number of hydrogen-bond acceptors (Lipinski definition) is 3. The first kappa shape index (κ1) is 20.5. The molecule has 0 fully saturated rings. The van der Waals surface area contributed by atoms with Crippen LogP contribution in [-0.4, -0.2) is 25.5 Å². The van der Waals surface area contributed by atoms with Gasteiger partial charge in [0.1, 0.15) is 5.75 Å². The number of anilines is 1. The highest BCUT2D eigenvalue weighted by atomic mass is 16.5. The predicted octanol–water partition coefficient (Wildman–Crippen LogP) is 3.88. The maximum absolute atomic E-state index is 12.2. The molecular formula is C22H28N2O3. The molecule has 0 radical (unpaired) electrons. The highest BCUT2D eigenvalue weighted by Gasteiger charge is 2.17. The Bertz CT molecular complexity index is 769. The minimum absolute atomic E-state index is 0.0638. The van der Waals surface area contributed by atoms with Crippen LogP contribution in [0.3, 0.4) is 0 Å². The van der Waals surface area contributed by atoms with Crippen LogP contribution in [0.4, 0.5) is 5.69 Å².